The highest BCUT2D eigenvalue weighted by molar-refractivity contribution is 7.89. The summed E-state index contributed by atoms with van der Waals surface area (Å²) in [5, 5.41) is 0. The van der Waals surface area contributed by atoms with Crippen LogP contribution in [0.3, 0.4) is 0 Å². The summed E-state index contributed by atoms with van der Waals surface area (Å²) in [5.74, 6) is -0.552. The number of carbonyl (C=O) groups is 1. The first-order chi connectivity index (χ1) is 11.8. The van der Waals surface area contributed by atoms with Gasteiger partial charge in [-0.15, -0.1) is 0 Å². The molecule has 0 unspecified atom stereocenters. The second kappa shape index (κ2) is 6.62. The van der Waals surface area contributed by atoms with Crippen LogP contribution in [-0.4, -0.2) is 42.8 Å². The lowest BCUT2D eigenvalue weighted by molar-refractivity contribution is 0.0992. The Morgan fingerprint density at radius 2 is 1.92 bits per heavy atom. The Hall–Kier alpha value is -2.16. The van der Waals surface area contributed by atoms with E-state index in [-0.39, 0.29) is 22.4 Å². The fourth-order valence-electron chi connectivity index (χ4n) is 3.41. The van der Waals surface area contributed by atoms with Crippen molar-refractivity contribution in [3.8, 4) is 0 Å². The number of hydrogen-bond acceptors (Lipinski definition) is 4. The van der Waals surface area contributed by atoms with Crippen molar-refractivity contribution >= 4 is 15.9 Å². The second-order valence-electron chi connectivity index (χ2n) is 6.37. The van der Waals surface area contributed by atoms with E-state index in [1.807, 2.05) is 30.3 Å². The van der Waals surface area contributed by atoms with Crippen LogP contribution in [0.15, 0.2) is 47.5 Å². The van der Waals surface area contributed by atoms with Gasteiger partial charge in [0.05, 0.1) is 0 Å². The Morgan fingerprint density at radius 1 is 1.24 bits per heavy atom. The minimum atomic E-state index is -3.71. The van der Waals surface area contributed by atoms with Crippen molar-refractivity contribution in [2.45, 2.75) is 10.8 Å². The number of aryl methyl sites for hydroxylation is 1. The first-order valence-corrected chi connectivity index (χ1v) is 9.50. The minimum Gasteiger partial charge on any atom is -0.364 e. The zero-order valence-corrected chi connectivity index (χ0v) is 14.8. The standard InChI is InChI=1S/C17H22N4O3S/c1-20-10-14(7-16(20)17(19)22)25(23,24)21-9-13(8-18)15(11-21)12-5-3-2-4-6-12/h2-7,10,13,15H,8-9,11,18H2,1H3,(H2,19,22)/t13-,15+/m1/s1. The number of aromatic nitrogens is 1. The van der Waals surface area contributed by atoms with Gasteiger partial charge in [0.25, 0.3) is 5.91 Å². The second-order valence-corrected chi connectivity index (χ2v) is 8.31. The summed E-state index contributed by atoms with van der Waals surface area (Å²) in [4.78, 5) is 11.5. The van der Waals surface area contributed by atoms with Gasteiger partial charge in [-0.2, -0.15) is 4.31 Å². The number of hydrogen-bond donors (Lipinski definition) is 2. The van der Waals surface area contributed by atoms with Crippen LogP contribution in [-0.2, 0) is 17.1 Å². The molecule has 0 saturated carbocycles. The molecule has 1 aliphatic rings. The van der Waals surface area contributed by atoms with Crippen LogP contribution >= 0.6 is 0 Å². The number of benzene rings is 1. The van der Waals surface area contributed by atoms with Crippen LogP contribution in [0.25, 0.3) is 0 Å². The molecule has 1 aliphatic heterocycles. The fourth-order valence-corrected chi connectivity index (χ4v) is 5.01. The Labute approximate surface area is 147 Å². The maximum Gasteiger partial charge on any atom is 0.265 e. The van der Waals surface area contributed by atoms with Crippen molar-refractivity contribution in [1.82, 2.24) is 8.87 Å². The van der Waals surface area contributed by atoms with Gasteiger partial charge in [-0.25, -0.2) is 8.42 Å². The molecule has 4 N–H and O–H groups in total. The largest absolute Gasteiger partial charge is 0.364 e. The third kappa shape index (κ3) is 3.20. The Morgan fingerprint density at radius 3 is 2.48 bits per heavy atom. The predicted molar refractivity (Wildman–Crippen MR) is 94.4 cm³/mol. The van der Waals surface area contributed by atoms with Crippen LogP contribution in [0.2, 0.25) is 0 Å². The third-order valence-corrected chi connectivity index (χ3v) is 6.61. The Balaban J connectivity index is 1.91. The molecule has 1 aromatic heterocycles. The molecule has 134 valence electrons. The van der Waals surface area contributed by atoms with Gasteiger partial charge in [0.1, 0.15) is 10.6 Å². The van der Waals surface area contributed by atoms with E-state index in [9.17, 15) is 13.2 Å². The van der Waals surface area contributed by atoms with Crippen LogP contribution in [0, 0.1) is 5.92 Å². The molecule has 0 radical (unpaired) electrons. The van der Waals surface area contributed by atoms with E-state index in [0.717, 1.165) is 5.56 Å². The third-order valence-electron chi connectivity index (χ3n) is 4.81. The average molecular weight is 362 g/mol. The zero-order valence-electron chi connectivity index (χ0n) is 14.0. The number of primary amides is 1. The molecule has 3 rings (SSSR count). The highest BCUT2D eigenvalue weighted by atomic mass is 32.2. The summed E-state index contributed by atoms with van der Waals surface area (Å²) in [6.07, 6.45) is 1.42. The summed E-state index contributed by atoms with van der Waals surface area (Å²) in [6.45, 7) is 1.14. The van der Waals surface area contributed by atoms with Crippen molar-refractivity contribution < 1.29 is 13.2 Å². The number of nitrogens with zero attached hydrogens (tertiary/aromatic N) is 2. The monoisotopic (exact) mass is 362 g/mol. The minimum absolute atomic E-state index is 0.0523. The van der Waals surface area contributed by atoms with Gasteiger partial charge < -0.3 is 16.0 Å². The van der Waals surface area contributed by atoms with Gasteiger partial charge >= 0.3 is 0 Å². The van der Waals surface area contributed by atoms with Gasteiger partial charge in [0, 0.05) is 32.3 Å². The number of amides is 1. The molecule has 0 aliphatic carbocycles. The van der Waals surface area contributed by atoms with E-state index >= 15 is 0 Å². The average Bonchev–Trinajstić information content (AvgIpc) is 3.20. The Kier molecular flexibility index (Phi) is 4.68. The smallest absolute Gasteiger partial charge is 0.265 e. The molecule has 1 aromatic carbocycles. The maximum absolute atomic E-state index is 13.0. The number of nitrogens with two attached hydrogens (primary N) is 2. The summed E-state index contributed by atoms with van der Waals surface area (Å²) >= 11 is 0. The molecule has 2 aromatic rings. The van der Waals surface area contributed by atoms with Crippen molar-refractivity contribution in [3.63, 3.8) is 0 Å². The van der Waals surface area contributed by atoms with Crippen molar-refractivity contribution in [3.05, 3.63) is 53.9 Å². The molecular formula is C17H22N4O3S. The molecule has 0 bridgehead atoms. The van der Waals surface area contributed by atoms with Gasteiger partial charge in [-0.05, 0) is 24.1 Å². The molecule has 8 heteroatoms. The first kappa shape index (κ1) is 17.7. The van der Waals surface area contributed by atoms with Crippen molar-refractivity contribution in [2.24, 2.45) is 24.4 Å². The lowest BCUT2D eigenvalue weighted by Gasteiger charge is -2.16. The number of carbonyl (C=O) groups excluding carboxylic acids is 1. The van der Waals surface area contributed by atoms with E-state index in [4.69, 9.17) is 11.5 Å². The van der Waals surface area contributed by atoms with Crippen LogP contribution in [0.1, 0.15) is 22.0 Å². The summed E-state index contributed by atoms with van der Waals surface area (Å²) < 4.78 is 28.8. The van der Waals surface area contributed by atoms with Gasteiger partial charge in [0.2, 0.25) is 10.0 Å². The lowest BCUT2D eigenvalue weighted by atomic mass is 9.89. The Bertz CT molecular complexity index is 877. The summed E-state index contributed by atoms with van der Waals surface area (Å²) in [7, 11) is -2.11. The van der Waals surface area contributed by atoms with Gasteiger partial charge in [-0.1, -0.05) is 30.3 Å². The molecule has 0 spiro atoms. The van der Waals surface area contributed by atoms with Crippen molar-refractivity contribution in [1.29, 1.82) is 0 Å². The van der Waals surface area contributed by atoms with Gasteiger partial charge in [-0.3, -0.25) is 4.79 Å². The van der Waals surface area contributed by atoms with E-state index < -0.39 is 15.9 Å². The first-order valence-electron chi connectivity index (χ1n) is 8.06. The normalized spacial score (nSPS) is 21.5. The fraction of sp³-hybridized carbons (Fsp3) is 0.353. The topological polar surface area (TPSA) is 111 Å². The zero-order chi connectivity index (χ0) is 18.2. The molecule has 2 atom stereocenters. The molecule has 25 heavy (non-hydrogen) atoms. The van der Waals surface area contributed by atoms with Crippen LogP contribution in [0.4, 0.5) is 0 Å². The molecule has 2 heterocycles. The molecule has 1 amide bonds. The highest BCUT2D eigenvalue weighted by Gasteiger charge is 2.39. The lowest BCUT2D eigenvalue weighted by Crippen LogP contribution is -2.29. The predicted octanol–water partition coefficient (Wildman–Crippen LogP) is 0.487. The van der Waals surface area contributed by atoms with E-state index in [1.165, 1.54) is 21.1 Å². The SMILES string of the molecule is Cn1cc(S(=O)(=O)N2C[C@@H](CN)[C@H](c3ccccc3)C2)cc1C(N)=O. The van der Waals surface area contributed by atoms with E-state index in [2.05, 4.69) is 0 Å². The van der Waals surface area contributed by atoms with Gasteiger partial charge in [0.15, 0.2) is 0 Å². The number of sulfonamides is 1. The summed E-state index contributed by atoms with van der Waals surface area (Å²) in [6, 6.07) is 11.1. The molecular weight excluding hydrogens is 340 g/mol. The molecule has 1 saturated heterocycles. The van der Waals surface area contributed by atoms with Crippen molar-refractivity contribution in [2.75, 3.05) is 19.6 Å². The van der Waals surface area contributed by atoms with E-state index in [1.54, 1.807) is 7.05 Å². The van der Waals surface area contributed by atoms with E-state index in [0.29, 0.717) is 19.6 Å². The molecule has 1 fully saturated rings. The molecule has 7 nitrogen and oxygen atoms in total. The van der Waals surface area contributed by atoms with Crippen LogP contribution in [0.5, 0.6) is 0 Å². The highest BCUT2D eigenvalue weighted by Crippen LogP contribution is 2.35. The summed E-state index contributed by atoms with van der Waals surface area (Å²) in [5.41, 5.74) is 12.4. The number of rotatable bonds is 5. The quantitative estimate of drug-likeness (QED) is 0.806. The maximum atomic E-state index is 13.0. The van der Waals surface area contributed by atoms with Crippen LogP contribution < -0.4 is 11.5 Å².